The van der Waals surface area contributed by atoms with Gasteiger partial charge in [-0.2, -0.15) is 0 Å². The van der Waals surface area contributed by atoms with E-state index in [0.29, 0.717) is 6.04 Å². The van der Waals surface area contributed by atoms with Crippen LogP contribution in [0.5, 0.6) is 0 Å². The summed E-state index contributed by atoms with van der Waals surface area (Å²) in [5.41, 5.74) is 1.43. The zero-order valence-corrected chi connectivity index (χ0v) is 14.0. The van der Waals surface area contributed by atoms with Crippen LogP contribution in [0, 0.1) is 5.92 Å². The maximum absolute atomic E-state index is 3.72. The Morgan fingerprint density at radius 1 is 1.24 bits per heavy atom. The number of nitrogens with one attached hydrogen (secondary N) is 1. The fourth-order valence-electron chi connectivity index (χ4n) is 3.47. The molecule has 1 saturated heterocycles. The van der Waals surface area contributed by atoms with Gasteiger partial charge >= 0.3 is 0 Å². The Balaban J connectivity index is 1.90. The maximum Gasteiger partial charge on any atom is 0.0332 e. The van der Waals surface area contributed by atoms with Crippen LogP contribution in [0.1, 0.15) is 58.1 Å². The zero-order chi connectivity index (χ0) is 15.1. The molecule has 1 N–H and O–H groups in total. The molecule has 0 spiro atoms. The van der Waals surface area contributed by atoms with Gasteiger partial charge in [-0.15, -0.1) is 0 Å². The molecule has 0 bridgehead atoms. The van der Waals surface area contributed by atoms with E-state index in [1.165, 1.54) is 44.3 Å². The number of rotatable bonds is 7. The smallest absolute Gasteiger partial charge is 0.0332 e. The fourth-order valence-corrected chi connectivity index (χ4v) is 3.47. The lowest BCUT2D eigenvalue weighted by Gasteiger charge is -2.37. The lowest BCUT2D eigenvalue weighted by atomic mass is 9.93. The van der Waals surface area contributed by atoms with Crippen molar-refractivity contribution in [2.24, 2.45) is 5.92 Å². The van der Waals surface area contributed by atoms with Crippen LogP contribution in [-0.4, -0.2) is 30.6 Å². The minimum absolute atomic E-state index is 0.498. The van der Waals surface area contributed by atoms with E-state index in [1.807, 2.05) is 0 Å². The predicted molar refractivity (Wildman–Crippen MR) is 91.5 cm³/mol. The summed E-state index contributed by atoms with van der Waals surface area (Å²) in [7, 11) is 0. The molecule has 1 aromatic carbocycles. The van der Waals surface area contributed by atoms with Gasteiger partial charge in [0.1, 0.15) is 0 Å². The molecule has 0 radical (unpaired) electrons. The van der Waals surface area contributed by atoms with Crippen LogP contribution in [0.4, 0.5) is 0 Å². The fraction of sp³-hybridized carbons (Fsp3) is 0.684. The molecule has 0 amide bonds. The highest BCUT2D eigenvalue weighted by molar-refractivity contribution is 5.18. The molecule has 21 heavy (non-hydrogen) atoms. The average molecular weight is 288 g/mol. The summed E-state index contributed by atoms with van der Waals surface area (Å²) < 4.78 is 0. The quantitative estimate of drug-likeness (QED) is 0.807. The van der Waals surface area contributed by atoms with Crippen molar-refractivity contribution in [2.75, 3.05) is 19.6 Å². The highest BCUT2D eigenvalue weighted by Gasteiger charge is 2.23. The van der Waals surface area contributed by atoms with Crippen LogP contribution in [0.3, 0.4) is 0 Å². The minimum atomic E-state index is 0.498. The van der Waals surface area contributed by atoms with Gasteiger partial charge in [-0.1, -0.05) is 44.2 Å². The molecule has 0 aliphatic carbocycles. The molecule has 1 heterocycles. The minimum Gasteiger partial charge on any atom is -0.310 e. The third-order valence-electron chi connectivity index (χ3n) is 4.82. The van der Waals surface area contributed by atoms with Gasteiger partial charge in [0.15, 0.2) is 0 Å². The molecule has 3 atom stereocenters. The van der Waals surface area contributed by atoms with Crippen molar-refractivity contribution >= 4 is 0 Å². The Kier molecular flexibility index (Phi) is 6.72. The summed E-state index contributed by atoms with van der Waals surface area (Å²) in [6, 6.07) is 12.2. The van der Waals surface area contributed by atoms with Crippen molar-refractivity contribution < 1.29 is 0 Å². The van der Waals surface area contributed by atoms with E-state index in [9.17, 15) is 0 Å². The molecule has 2 rings (SSSR count). The molecule has 0 saturated carbocycles. The molecule has 0 aromatic heterocycles. The van der Waals surface area contributed by atoms with Crippen LogP contribution in [-0.2, 0) is 0 Å². The summed E-state index contributed by atoms with van der Waals surface area (Å²) in [4.78, 5) is 2.68. The van der Waals surface area contributed by atoms with Gasteiger partial charge < -0.3 is 10.2 Å². The maximum atomic E-state index is 3.72. The molecule has 118 valence electrons. The van der Waals surface area contributed by atoms with E-state index in [1.54, 1.807) is 0 Å². The number of likely N-dealkylation sites (tertiary alicyclic amines) is 1. The van der Waals surface area contributed by atoms with E-state index in [2.05, 4.69) is 61.3 Å². The standard InChI is InChI=1S/C19H32N2/c1-4-12-20-19(18-8-6-5-7-9-18)11-14-21-13-10-16(2)15-17(21)3/h5-9,16-17,19-20H,4,10-15H2,1-3H3. The summed E-state index contributed by atoms with van der Waals surface area (Å²) in [5, 5.41) is 3.72. The largest absolute Gasteiger partial charge is 0.310 e. The van der Waals surface area contributed by atoms with E-state index < -0.39 is 0 Å². The molecular weight excluding hydrogens is 256 g/mol. The summed E-state index contributed by atoms with van der Waals surface area (Å²) in [6.07, 6.45) is 5.13. The highest BCUT2D eigenvalue weighted by Crippen LogP contribution is 2.24. The number of benzene rings is 1. The van der Waals surface area contributed by atoms with Gasteiger partial charge in [0.25, 0.3) is 0 Å². The summed E-state index contributed by atoms with van der Waals surface area (Å²) in [6.45, 7) is 10.6. The Bertz CT molecular complexity index is 390. The van der Waals surface area contributed by atoms with Crippen molar-refractivity contribution in [3.05, 3.63) is 35.9 Å². The van der Waals surface area contributed by atoms with Crippen LogP contribution in [0.2, 0.25) is 0 Å². The number of piperidine rings is 1. The molecule has 1 aliphatic heterocycles. The van der Waals surface area contributed by atoms with Crippen LogP contribution >= 0.6 is 0 Å². The molecular formula is C19H32N2. The number of hydrogen-bond acceptors (Lipinski definition) is 2. The van der Waals surface area contributed by atoms with E-state index in [4.69, 9.17) is 0 Å². The van der Waals surface area contributed by atoms with Crippen molar-refractivity contribution in [2.45, 2.75) is 58.5 Å². The van der Waals surface area contributed by atoms with E-state index >= 15 is 0 Å². The Morgan fingerprint density at radius 2 is 2.00 bits per heavy atom. The van der Waals surface area contributed by atoms with Crippen molar-refractivity contribution in [3.8, 4) is 0 Å². The van der Waals surface area contributed by atoms with Crippen LogP contribution in [0.15, 0.2) is 30.3 Å². The Labute approximate surface area is 130 Å². The third kappa shape index (κ3) is 5.12. The molecule has 1 aliphatic rings. The number of nitrogens with zero attached hydrogens (tertiary/aromatic N) is 1. The lowest BCUT2D eigenvalue weighted by Crippen LogP contribution is -2.41. The van der Waals surface area contributed by atoms with Gasteiger partial charge in [-0.25, -0.2) is 0 Å². The normalized spacial score (nSPS) is 24.9. The molecule has 2 heteroatoms. The SMILES string of the molecule is CCCNC(CCN1CCC(C)CC1C)c1ccccc1. The van der Waals surface area contributed by atoms with Gasteiger partial charge in [-0.05, 0) is 57.2 Å². The monoisotopic (exact) mass is 288 g/mol. The second kappa shape index (κ2) is 8.55. The average Bonchev–Trinajstić information content (AvgIpc) is 2.50. The van der Waals surface area contributed by atoms with Gasteiger partial charge in [-0.3, -0.25) is 0 Å². The molecule has 1 aromatic rings. The first-order valence-electron chi connectivity index (χ1n) is 8.73. The second-order valence-corrected chi connectivity index (χ2v) is 6.72. The first-order chi connectivity index (χ1) is 10.2. The highest BCUT2D eigenvalue weighted by atomic mass is 15.2. The zero-order valence-electron chi connectivity index (χ0n) is 14.0. The van der Waals surface area contributed by atoms with E-state index in [-0.39, 0.29) is 0 Å². The molecule has 1 fully saturated rings. The summed E-state index contributed by atoms with van der Waals surface area (Å²) in [5.74, 6) is 0.902. The third-order valence-corrected chi connectivity index (χ3v) is 4.82. The Hall–Kier alpha value is -0.860. The van der Waals surface area contributed by atoms with Crippen molar-refractivity contribution in [1.82, 2.24) is 10.2 Å². The van der Waals surface area contributed by atoms with E-state index in [0.717, 1.165) is 18.5 Å². The van der Waals surface area contributed by atoms with Crippen molar-refractivity contribution in [3.63, 3.8) is 0 Å². The topological polar surface area (TPSA) is 15.3 Å². The van der Waals surface area contributed by atoms with Crippen LogP contribution < -0.4 is 5.32 Å². The van der Waals surface area contributed by atoms with Gasteiger partial charge in [0.2, 0.25) is 0 Å². The molecule has 3 unspecified atom stereocenters. The second-order valence-electron chi connectivity index (χ2n) is 6.72. The van der Waals surface area contributed by atoms with Gasteiger partial charge in [0, 0.05) is 18.6 Å². The molecule has 2 nitrogen and oxygen atoms in total. The van der Waals surface area contributed by atoms with Crippen LogP contribution in [0.25, 0.3) is 0 Å². The number of hydrogen-bond donors (Lipinski definition) is 1. The Morgan fingerprint density at radius 3 is 2.67 bits per heavy atom. The first kappa shape index (κ1) is 16.5. The lowest BCUT2D eigenvalue weighted by molar-refractivity contribution is 0.124. The summed E-state index contributed by atoms with van der Waals surface area (Å²) >= 11 is 0. The predicted octanol–water partition coefficient (Wildman–Crippen LogP) is 4.24. The van der Waals surface area contributed by atoms with Gasteiger partial charge in [0.05, 0.1) is 0 Å². The van der Waals surface area contributed by atoms with Crippen molar-refractivity contribution in [1.29, 1.82) is 0 Å². The first-order valence-corrected chi connectivity index (χ1v) is 8.73.